The lowest BCUT2D eigenvalue weighted by Gasteiger charge is -2.29. The van der Waals surface area contributed by atoms with E-state index < -0.39 is 5.92 Å². The molecule has 84 valence electrons. The molecule has 0 aromatic carbocycles. The summed E-state index contributed by atoms with van der Waals surface area (Å²) in [6.07, 6.45) is 1.23. The number of hydrogen-bond acceptors (Lipinski definition) is 2. The van der Waals surface area contributed by atoms with E-state index in [1.807, 2.05) is 6.92 Å². The number of halogens is 2. The molecular weight excluding hydrogens is 188 g/mol. The van der Waals surface area contributed by atoms with Crippen LogP contribution in [0.25, 0.3) is 0 Å². The van der Waals surface area contributed by atoms with Crippen molar-refractivity contribution in [2.24, 2.45) is 5.92 Å². The van der Waals surface area contributed by atoms with Crippen LogP contribution in [-0.4, -0.2) is 30.2 Å². The molecular formula is C10H19F2NO. The van der Waals surface area contributed by atoms with Gasteiger partial charge in [0.25, 0.3) is 0 Å². The average Bonchev–Trinajstić information content (AvgIpc) is 2.16. The first-order valence-corrected chi connectivity index (χ1v) is 5.25. The third kappa shape index (κ3) is 3.88. The van der Waals surface area contributed by atoms with E-state index >= 15 is 0 Å². The van der Waals surface area contributed by atoms with Crippen LogP contribution >= 0.6 is 0 Å². The first-order chi connectivity index (χ1) is 6.53. The second-order valence-electron chi connectivity index (χ2n) is 4.29. The Morgan fingerprint density at radius 2 is 2.00 bits per heavy atom. The third-order valence-corrected chi connectivity index (χ3v) is 2.87. The Morgan fingerprint density at radius 3 is 2.50 bits per heavy atom. The van der Waals surface area contributed by atoms with E-state index in [0.29, 0.717) is 18.8 Å². The second-order valence-corrected chi connectivity index (χ2v) is 4.29. The smallest absolute Gasteiger partial charge is 0.248 e. The minimum Gasteiger partial charge on any atom is -0.395 e. The number of rotatable bonds is 4. The summed E-state index contributed by atoms with van der Waals surface area (Å²) in [7, 11) is 0. The minimum atomic E-state index is -2.43. The van der Waals surface area contributed by atoms with Gasteiger partial charge in [0.2, 0.25) is 5.92 Å². The Labute approximate surface area is 83.7 Å². The van der Waals surface area contributed by atoms with E-state index in [9.17, 15) is 8.78 Å². The third-order valence-electron chi connectivity index (χ3n) is 2.87. The molecule has 2 nitrogen and oxygen atoms in total. The Kier molecular flexibility index (Phi) is 4.26. The highest BCUT2D eigenvalue weighted by Crippen LogP contribution is 2.35. The molecule has 0 amide bonds. The summed E-state index contributed by atoms with van der Waals surface area (Å²) in [5.41, 5.74) is 0. The van der Waals surface area contributed by atoms with Crippen molar-refractivity contribution in [3.8, 4) is 0 Å². The van der Waals surface area contributed by atoms with Gasteiger partial charge in [-0.05, 0) is 32.2 Å². The average molecular weight is 207 g/mol. The van der Waals surface area contributed by atoms with Crippen LogP contribution in [-0.2, 0) is 0 Å². The minimum absolute atomic E-state index is 0.0207. The molecule has 0 saturated heterocycles. The molecule has 0 bridgehead atoms. The van der Waals surface area contributed by atoms with E-state index in [1.165, 1.54) is 0 Å². The Bertz CT molecular complexity index is 166. The fraction of sp³-hybridized carbons (Fsp3) is 1.00. The number of alkyl halides is 2. The number of aliphatic hydroxyl groups is 1. The molecule has 0 spiro atoms. The van der Waals surface area contributed by atoms with Crippen molar-refractivity contribution in [3.63, 3.8) is 0 Å². The van der Waals surface area contributed by atoms with Gasteiger partial charge in [-0.15, -0.1) is 0 Å². The summed E-state index contributed by atoms with van der Waals surface area (Å²) in [5.74, 6) is -2.08. The molecule has 0 aromatic rings. The van der Waals surface area contributed by atoms with Crippen molar-refractivity contribution in [3.05, 3.63) is 0 Å². The Hall–Kier alpha value is -0.220. The zero-order chi connectivity index (χ0) is 10.6. The standard InChI is InChI=1S/C10H19F2NO/c1-8(7-14)13-6-9-2-4-10(11,12)5-3-9/h8-9,13-14H,2-7H2,1H3. The first kappa shape index (κ1) is 11.9. The summed E-state index contributed by atoms with van der Waals surface area (Å²) < 4.78 is 25.6. The van der Waals surface area contributed by atoms with Crippen molar-refractivity contribution in [1.29, 1.82) is 0 Å². The number of hydrogen-bond donors (Lipinski definition) is 2. The molecule has 0 radical (unpaired) electrons. The van der Waals surface area contributed by atoms with Gasteiger partial charge in [0, 0.05) is 18.9 Å². The van der Waals surface area contributed by atoms with Gasteiger partial charge in [0.15, 0.2) is 0 Å². The van der Waals surface area contributed by atoms with E-state index in [0.717, 1.165) is 6.54 Å². The SMILES string of the molecule is CC(CO)NCC1CCC(F)(F)CC1. The topological polar surface area (TPSA) is 32.3 Å². The van der Waals surface area contributed by atoms with Gasteiger partial charge < -0.3 is 10.4 Å². The predicted molar refractivity (Wildman–Crippen MR) is 51.5 cm³/mol. The summed E-state index contributed by atoms with van der Waals surface area (Å²) in [6.45, 7) is 2.73. The Balaban J connectivity index is 2.16. The van der Waals surface area contributed by atoms with Crippen LogP contribution in [0, 0.1) is 5.92 Å². The summed E-state index contributed by atoms with van der Waals surface area (Å²) in [4.78, 5) is 0. The van der Waals surface area contributed by atoms with Gasteiger partial charge in [0.05, 0.1) is 6.61 Å². The lowest BCUT2D eigenvalue weighted by atomic mass is 9.86. The molecule has 0 heterocycles. The van der Waals surface area contributed by atoms with Crippen LogP contribution < -0.4 is 5.32 Å². The molecule has 4 heteroatoms. The predicted octanol–water partition coefficient (Wildman–Crippen LogP) is 1.78. The molecule has 0 aliphatic heterocycles. The van der Waals surface area contributed by atoms with Gasteiger partial charge in [-0.2, -0.15) is 0 Å². The van der Waals surface area contributed by atoms with Gasteiger partial charge in [-0.25, -0.2) is 8.78 Å². The molecule has 1 fully saturated rings. The zero-order valence-electron chi connectivity index (χ0n) is 8.60. The number of nitrogens with one attached hydrogen (secondary N) is 1. The van der Waals surface area contributed by atoms with Crippen LogP contribution in [0.3, 0.4) is 0 Å². The van der Waals surface area contributed by atoms with Gasteiger partial charge >= 0.3 is 0 Å². The lowest BCUT2D eigenvalue weighted by Crippen LogP contribution is -2.36. The highest BCUT2D eigenvalue weighted by molar-refractivity contribution is 4.79. The van der Waals surface area contributed by atoms with E-state index in [-0.39, 0.29) is 25.5 Å². The fourth-order valence-corrected chi connectivity index (χ4v) is 1.74. The van der Waals surface area contributed by atoms with Crippen molar-refractivity contribution in [1.82, 2.24) is 5.32 Å². The highest BCUT2D eigenvalue weighted by atomic mass is 19.3. The van der Waals surface area contributed by atoms with E-state index in [2.05, 4.69) is 5.32 Å². The Morgan fingerprint density at radius 1 is 1.43 bits per heavy atom. The molecule has 0 aromatic heterocycles. The second kappa shape index (κ2) is 5.03. The quantitative estimate of drug-likeness (QED) is 0.736. The van der Waals surface area contributed by atoms with Crippen LogP contribution in [0.4, 0.5) is 8.78 Å². The maximum atomic E-state index is 12.8. The molecule has 1 saturated carbocycles. The van der Waals surface area contributed by atoms with E-state index in [1.54, 1.807) is 0 Å². The van der Waals surface area contributed by atoms with Crippen molar-refractivity contribution in [2.75, 3.05) is 13.2 Å². The summed E-state index contributed by atoms with van der Waals surface area (Å²) in [5, 5.41) is 11.9. The van der Waals surface area contributed by atoms with Crippen molar-refractivity contribution >= 4 is 0 Å². The zero-order valence-corrected chi connectivity index (χ0v) is 8.60. The lowest BCUT2D eigenvalue weighted by molar-refractivity contribution is -0.0457. The van der Waals surface area contributed by atoms with Crippen LogP contribution in [0.5, 0.6) is 0 Å². The monoisotopic (exact) mass is 207 g/mol. The largest absolute Gasteiger partial charge is 0.395 e. The molecule has 1 atom stereocenters. The maximum Gasteiger partial charge on any atom is 0.248 e. The summed E-state index contributed by atoms with van der Waals surface area (Å²) >= 11 is 0. The molecule has 14 heavy (non-hydrogen) atoms. The van der Waals surface area contributed by atoms with Gasteiger partial charge in [-0.1, -0.05) is 0 Å². The molecule has 1 rings (SSSR count). The first-order valence-electron chi connectivity index (χ1n) is 5.25. The van der Waals surface area contributed by atoms with Gasteiger partial charge in [0.1, 0.15) is 0 Å². The van der Waals surface area contributed by atoms with Crippen molar-refractivity contribution in [2.45, 2.75) is 44.6 Å². The molecule has 1 unspecified atom stereocenters. The summed E-state index contributed by atoms with van der Waals surface area (Å²) in [6, 6.07) is 0.0671. The van der Waals surface area contributed by atoms with E-state index in [4.69, 9.17) is 5.11 Å². The molecule has 1 aliphatic rings. The normalized spacial score (nSPS) is 24.9. The highest BCUT2D eigenvalue weighted by Gasteiger charge is 2.34. The van der Waals surface area contributed by atoms with Crippen LogP contribution in [0.15, 0.2) is 0 Å². The fourth-order valence-electron chi connectivity index (χ4n) is 1.74. The van der Waals surface area contributed by atoms with Gasteiger partial charge in [-0.3, -0.25) is 0 Å². The maximum absolute atomic E-state index is 12.8. The molecule has 2 N–H and O–H groups in total. The molecule has 1 aliphatic carbocycles. The van der Waals surface area contributed by atoms with Crippen LogP contribution in [0.2, 0.25) is 0 Å². The van der Waals surface area contributed by atoms with Crippen LogP contribution in [0.1, 0.15) is 32.6 Å². The number of aliphatic hydroxyl groups excluding tert-OH is 1. The van der Waals surface area contributed by atoms with Crippen molar-refractivity contribution < 1.29 is 13.9 Å².